The highest BCUT2D eigenvalue weighted by Crippen LogP contribution is 2.17. The van der Waals surface area contributed by atoms with Crippen molar-refractivity contribution >= 4 is 5.82 Å². The number of aliphatic hydroxyl groups is 1. The van der Waals surface area contributed by atoms with Gasteiger partial charge in [0.05, 0.1) is 19.8 Å². The van der Waals surface area contributed by atoms with E-state index in [1.165, 1.54) is 0 Å². The molecule has 0 saturated carbocycles. The van der Waals surface area contributed by atoms with Crippen LogP contribution in [0.25, 0.3) is 0 Å². The molecule has 0 aliphatic carbocycles. The van der Waals surface area contributed by atoms with Crippen molar-refractivity contribution < 1.29 is 9.84 Å². The molecule has 0 fully saturated rings. The van der Waals surface area contributed by atoms with E-state index in [0.29, 0.717) is 19.8 Å². The van der Waals surface area contributed by atoms with E-state index in [0.717, 1.165) is 30.2 Å². The largest absolute Gasteiger partial charge is 0.394 e. The number of ether oxygens (including phenoxy) is 1. The number of pyridine rings is 1. The molecule has 0 aliphatic heterocycles. The molecule has 0 amide bonds. The summed E-state index contributed by atoms with van der Waals surface area (Å²) >= 11 is 0. The van der Waals surface area contributed by atoms with Gasteiger partial charge in [0.1, 0.15) is 5.82 Å². The fourth-order valence-electron chi connectivity index (χ4n) is 1.76. The number of rotatable bonds is 8. The number of likely N-dealkylation sites (N-methyl/N-ethyl adjacent to an activating group) is 1. The minimum absolute atomic E-state index is 0.0584. The average Bonchev–Trinajstić information content (AvgIpc) is 2.39. The monoisotopic (exact) mass is 253 g/mol. The van der Waals surface area contributed by atoms with Crippen molar-refractivity contribution in [3.05, 3.63) is 23.4 Å². The normalized spacial score (nSPS) is 10.7. The molecule has 5 nitrogen and oxygen atoms in total. The molecule has 1 heterocycles. The fourth-order valence-corrected chi connectivity index (χ4v) is 1.76. The van der Waals surface area contributed by atoms with Crippen LogP contribution >= 0.6 is 0 Å². The van der Waals surface area contributed by atoms with E-state index in [-0.39, 0.29) is 6.61 Å². The van der Waals surface area contributed by atoms with Gasteiger partial charge in [-0.2, -0.15) is 0 Å². The van der Waals surface area contributed by atoms with E-state index in [4.69, 9.17) is 15.6 Å². The molecule has 1 rings (SSSR count). The lowest BCUT2D eigenvalue weighted by atomic mass is 10.2. The van der Waals surface area contributed by atoms with Gasteiger partial charge in [0, 0.05) is 30.9 Å². The zero-order valence-electron chi connectivity index (χ0n) is 11.2. The van der Waals surface area contributed by atoms with Gasteiger partial charge in [-0.25, -0.2) is 4.98 Å². The standard InChI is InChI=1S/C13H23N3O2/c1-3-16(6-8-18-9-7-17)13-12(10-14)5-4-11(2)15-13/h4-5,17H,3,6-10,14H2,1-2H3. The average molecular weight is 253 g/mol. The van der Waals surface area contributed by atoms with Crippen molar-refractivity contribution in [1.82, 2.24) is 4.98 Å². The second-order valence-corrected chi connectivity index (χ2v) is 4.06. The maximum atomic E-state index is 8.66. The van der Waals surface area contributed by atoms with E-state index in [9.17, 15) is 0 Å². The predicted octanol–water partition coefficient (Wildman–Crippen LogP) is 0.684. The van der Waals surface area contributed by atoms with Crippen LogP contribution in [-0.2, 0) is 11.3 Å². The molecule has 0 aromatic carbocycles. The van der Waals surface area contributed by atoms with Crippen molar-refractivity contribution in [3.63, 3.8) is 0 Å². The number of anilines is 1. The minimum atomic E-state index is 0.0584. The molecule has 1 aromatic heterocycles. The number of aromatic nitrogens is 1. The molecule has 0 unspecified atom stereocenters. The second kappa shape index (κ2) is 8.02. The van der Waals surface area contributed by atoms with Gasteiger partial charge in [-0.3, -0.25) is 0 Å². The Morgan fingerprint density at radius 2 is 2.17 bits per heavy atom. The molecule has 0 spiro atoms. The number of aliphatic hydroxyl groups excluding tert-OH is 1. The molecular weight excluding hydrogens is 230 g/mol. The van der Waals surface area contributed by atoms with Crippen LogP contribution in [0.15, 0.2) is 12.1 Å². The molecule has 0 saturated heterocycles. The summed E-state index contributed by atoms with van der Waals surface area (Å²) in [6, 6.07) is 4.00. The molecule has 5 heteroatoms. The van der Waals surface area contributed by atoms with Crippen LogP contribution in [0.3, 0.4) is 0 Å². The lowest BCUT2D eigenvalue weighted by Crippen LogP contribution is -2.30. The van der Waals surface area contributed by atoms with Crippen LogP contribution in [0, 0.1) is 6.92 Å². The van der Waals surface area contributed by atoms with Crippen LogP contribution in [0.4, 0.5) is 5.82 Å². The highest BCUT2D eigenvalue weighted by atomic mass is 16.5. The van der Waals surface area contributed by atoms with E-state index in [1.54, 1.807) is 0 Å². The van der Waals surface area contributed by atoms with Gasteiger partial charge in [0.2, 0.25) is 0 Å². The fraction of sp³-hybridized carbons (Fsp3) is 0.615. The number of hydrogen-bond donors (Lipinski definition) is 2. The number of hydrogen-bond acceptors (Lipinski definition) is 5. The lowest BCUT2D eigenvalue weighted by molar-refractivity contribution is 0.0967. The first kappa shape index (κ1) is 14.9. The van der Waals surface area contributed by atoms with Gasteiger partial charge in [0.25, 0.3) is 0 Å². The summed E-state index contributed by atoms with van der Waals surface area (Å²) in [5.74, 6) is 0.938. The van der Waals surface area contributed by atoms with Crippen LogP contribution in [0.2, 0.25) is 0 Å². The Labute approximate surface area is 109 Å². The first-order chi connectivity index (χ1) is 8.72. The maximum absolute atomic E-state index is 8.66. The summed E-state index contributed by atoms with van der Waals surface area (Å²) in [7, 11) is 0. The molecule has 0 radical (unpaired) electrons. The summed E-state index contributed by atoms with van der Waals surface area (Å²) in [6.07, 6.45) is 0. The Bertz CT molecular complexity index is 358. The Balaban J connectivity index is 2.71. The Morgan fingerprint density at radius 3 is 2.78 bits per heavy atom. The second-order valence-electron chi connectivity index (χ2n) is 4.06. The summed E-state index contributed by atoms with van der Waals surface area (Å²) < 4.78 is 5.29. The summed E-state index contributed by atoms with van der Waals surface area (Å²) in [5.41, 5.74) is 7.77. The third-order valence-electron chi connectivity index (χ3n) is 2.74. The smallest absolute Gasteiger partial charge is 0.133 e. The van der Waals surface area contributed by atoms with Crippen LogP contribution in [-0.4, -0.2) is 43.0 Å². The third-order valence-corrected chi connectivity index (χ3v) is 2.74. The molecular formula is C13H23N3O2. The van der Waals surface area contributed by atoms with Crippen molar-refractivity contribution in [1.29, 1.82) is 0 Å². The molecule has 0 bridgehead atoms. The molecule has 18 heavy (non-hydrogen) atoms. The number of nitrogens with two attached hydrogens (primary N) is 1. The Kier molecular flexibility index (Phi) is 6.64. The Morgan fingerprint density at radius 1 is 1.39 bits per heavy atom. The van der Waals surface area contributed by atoms with E-state index in [2.05, 4.69) is 16.8 Å². The molecule has 0 atom stereocenters. The summed E-state index contributed by atoms with van der Waals surface area (Å²) in [4.78, 5) is 6.70. The van der Waals surface area contributed by atoms with E-state index < -0.39 is 0 Å². The van der Waals surface area contributed by atoms with Crippen molar-refractivity contribution in [2.24, 2.45) is 5.73 Å². The predicted molar refractivity (Wildman–Crippen MR) is 72.7 cm³/mol. The van der Waals surface area contributed by atoms with Crippen molar-refractivity contribution in [3.8, 4) is 0 Å². The maximum Gasteiger partial charge on any atom is 0.133 e. The third kappa shape index (κ3) is 4.25. The zero-order chi connectivity index (χ0) is 13.4. The van der Waals surface area contributed by atoms with Crippen LogP contribution in [0.5, 0.6) is 0 Å². The van der Waals surface area contributed by atoms with Crippen molar-refractivity contribution in [2.75, 3.05) is 37.8 Å². The van der Waals surface area contributed by atoms with Gasteiger partial charge >= 0.3 is 0 Å². The summed E-state index contributed by atoms with van der Waals surface area (Å²) in [5, 5.41) is 8.66. The quantitative estimate of drug-likeness (QED) is 0.667. The Hall–Kier alpha value is -1.17. The summed E-state index contributed by atoms with van der Waals surface area (Å²) in [6.45, 7) is 7.15. The first-order valence-electron chi connectivity index (χ1n) is 6.33. The van der Waals surface area contributed by atoms with Gasteiger partial charge in [0.15, 0.2) is 0 Å². The van der Waals surface area contributed by atoms with Gasteiger partial charge < -0.3 is 20.5 Å². The molecule has 102 valence electrons. The lowest BCUT2D eigenvalue weighted by Gasteiger charge is -2.24. The molecule has 1 aromatic rings. The van der Waals surface area contributed by atoms with Crippen LogP contribution < -0.4 is 10.6 Å². The van der Waals surface area contributed by atoms with Crippen molar-refractivity contribution in [2.45, 2.75) is 20.4 Å². The molecule has 0 aliphatic rings. The van der Waals surface area contributed by atoms with Gasteiger partial charge in [-0.1, -0.05) is 6.07 Å². The highest BCUT2D eigenvalue weighted by molar-refractivity contribution is 5.47. The van der Waals surface area contributed by atoms with E-state index in [1.807, 2.05) is 19.1 Å². The van der Waals surface area contributed by atoms with Crippen LogP contribution in [0.1, 0.15) is 18.2 Å². The van der Waals surface area contributed by atoms with Gasteiger partial charge in [-0.15, -0.1) is 0 Å². The first-order valence-corrected chi connectivity index (χ1v) is 6.33. The number of nitrogens with zero attached hydrogens (tertiary/aromatic N) is 2. The topological polar surface area (TPSA) is 71.6 Å². The highest BCUT2D eigenvalue weighted by Gasteiger charge is 2.10. The zero-order valence-corrected chi connectivity index (χ0v) is 11.2. The van der Waals surface area contributed by atoms with E-state index >= 15 is 0 Å². The molecule has 3 N–H and O–H groups in total. The minimum Gasteiger partial charge on any atom is -0.394 e. The van der Waals surface area contributed by atoms with Gasteiger partial charge in [-0.05, 0) is 19.9 Å². The SMILES string of the molecule is CCN(CCOCCO)c1nc(C)ccc1CN. The number of aryl methyl sites for hydroxylation is 1.